The van der Waals surface area contributed by atoms with Gasteiger partial charge in [-0.3, -0.25) is 9.59 Å². The number of benzene rings is 1. The van der Waals surface area contributed by atoms with Gasteiger partial charge in [0, 0.05) is 15.5 Å². The summed E-state index contributed by atoms with van der Waals surface area (Å²) < 4.78 is 0. The minimum atomic E-state index is -0.638. The molecule has 22 heavy (non-hydrogen) atoms. The Balaban J connectivity index is 2.43. The molecule has 2 aromatic rings. The molecule has 0 unspecified atom stereocenters. The van der Waals surface area contributed by atoms with Gasteiger partial charge in [-0.2, -0.15) is 0 Å². The summed E-state index contributed by atoms with van der Waals surface area (Å²) >= 11 is 7.23. The number of carbonyl (C=O) groups excluding carboxylic acids is 2. The maximum Gasteiger partial charge on any atom is 0.241 e. The second-order valence-electron chi connectivity index (χ2n) is 5.10. The molecule has 0 saturated heterocycles. The average molecular weight is 337 g/mol. The molecule has 0 aliphatic rings. The molecule has 2 rings (SSSR count). The van der Waals surface area contributed by atoms with Crippen LogP contribution in [-0.2, 0) is 4.79 Å². The van der Waals surface area contributed by atoms with E-state index < -0.39 is 6.04 Å². The van der Waals surface area contributed by atoms with Gasteiger partial charge in [0.2, 0.25) is 5.91 Å². The maximum atomic E-state index is 12.7. The van der Waals surface area contributed by atoms with Crippen molar-refractivity contribution in [3.8, 4) is 0 Å². The van der Waals surface area contributed by atoms with E-state index in [9.17, 15) is 9.59 Å². The van der Waals surface area contributed by atoms with Crippen molar-refractivity contribution in [1.82, 2.24) is 0 Å². The SMILES string of the molecule is Cc1sc(NC(=O)[C@H](C)N)c(C(=O)c2ccc(Cl)cc2)c1C. The van der Waals surface area contributed by atoms with Crippen LogP contribution in [0, 0.1) is 13.8 Å². The van der Waals surface area contributed by atoms with Crippen LogP contribution in [0.5, 0.6) is 0 Å². The number of ketones is 1. The van der Waals surface area contributed by atoms with Gasteiger partial charge in [-0.25, -0.2) is 0 Å². The number of hydrogen-bond acceptors (Lipinski definition) is 4. The number of aryl methyl sites for hydroxylation is 1. The van der Waals surface area contributed by atoms with Crippen molar-refractivity contribution in [3.05, 3.63) is 50.9 Å². The number of nitrogens with two attached hydrogens (primary N) is 1. The highest BCUT2D eigenvalue weighted by atomic mass is 35.5. The van der Waals surface area contributed by atoms with Crippen molar-refractivity contribution in [1.29, 1.82) is 0 Å². The molecular formula is C16H17ClN2O2S. The van der Waals surface area contributed by atoms with Gasteiger partial charge in [0.15, 0.2) is 5.78 Å². The van der Waals surface area contributed by atoms with Crippen LogP contribution >= 0.6 is 22.9 Å². The molecule has 1 aromatic carbocycles. The van der Waals surface area contributed by atoms with Crippen molar-refractivity contribution in [3.63, 3.8) is 0 Å². The number of amides is 1. The fourth-order valence-corrected chi connectivity index (χ4v) is 3.15. The Hall–Kier alpha value is -1.69. The number of anilines is 1. The summed E-state index contributed by atoms with van der Waals surface area (Å²) in [6.07, 6.45) is 0. The van der Waals surface area contributed by atoms with Crippen LogP contribution in [0.2, 0.25) is 5.02 Å². The lowest BCUT2D eigenvalue weighted by Gasteiger charge is -2.09. The minimum Gasteiger partial charge on any atom is -0.320 e. The predicted octanol–water partition coefficient (Wildman–Crippen LogP) is 3.54. The highest BCUT2D eigenvalue weighted by Crippen LogP contribution is 2.34. The summed E-state index contributed by atoms with van der Waals surface area (Å²) in [5.74, 6) is -0.454. The van der Waals surface area contributed by atoms with Gasteiger partial charge in [-0.15, -0.1) is 11.3 Å². The number of rotatable bonds is 4. The summed E-state index contributed by atoms with van der Waals surface area (Å²) in [4.78, 5) is 25.6. The normalized spacial score (nSPS) is 12.0. The maximum absolute atomic E-state index is 12.7. The van der Waals surface area contributed by atoms with Gasteiger partial charge >= 0.3 is 0 Å². The lowest BCUT2D eigenvalue weighted by Crippen LogP contribution is -2.32. The Morgan fingerprint density at radius 1 is 1.23 bits per heavy atom. The molecule has 0 aliphatic carbocycles. The molecule has 1 heterocycles. The Labute approximate surface area is 138 Å². The molecule has 116 valence electrons. The van der Waals surface area contributed by atoms with Crippen molar-refractivity contribution in [2.75, 3.05) is 5.32 Å². The molecule has 1 amide bonds. The highest BCUT2D eigenvalue weighted by molar-refractivity contribution is 7.16. The molecule has 0 spiro atoms. The predicted molar refractivity (Wildman–Crippen MR) is 91.0 cm³/mol. The standard InChI is InChI=1S/C16H17ClN2O2S/c1-8-10(3)22-16(19-15(21)9(2)18)13(8)14(20)11-4-6-12(17)7-5-11/h4-7,9H,18H2,1-3H3,(H,19,21)/t9-/m0/s1. The van der Waals surface area contributed by atoms with Gasteiger partial charge in [-0.1, -0.05) is 11.6 Å². The molecule has 1 aromatic heterocycles. The van der Waals surface area contributed by atoms with Crippen LogP contribution < -0.4 is 11.1 Å². The monoisotopic (exact) mass is 336 g/mol. The highest BCUT2D eigenvalue weighted by Gasteiger charge is 2.22. The van der Waals surface area contributed by atoms with E-state index in [2.05, 4.69) is 5.32 Å². The Morgan fingerprint density at radius 3 is 2.36 bits per heavy atom. The summed E-state index contributed by atoms with van der Waals surface area (Å²) in [7, 11) is 0. The van der Waals surface area contributed by atoms with E-state index in [1.807, 2.05) is 13.8 Å². The third kappa shape index (κ3) is 3.38. The number of carbonyl (C=O) groups is 2. The van der Waals surface area contributed by atoms with Crippen molar-refractivity contribution in [2.24, 2.45) is 5.73 Å². The molecule has 3 N–H and O–H groups in total. The van der Waals surface area contributed by atoms with Crippen molar-refractivity contribution in [2.45, 2.75) is 26.8 Å². The van der Waals surface area contributed by atoms with E-state index in [0.717, 1.165) is 10.4 Å². The van der Waals surface area contributed by atoms with E-state index in [1.165, 1.54) is 11.3 Å². The smallest absolute Gasteiger partial charge is 0.241 e. The molecule has 0 radical (unpaired) electrons. The molecule has 0 saturated carbocycles. The quantitative estimate of drug-likeness (QED) is 0.839. The number of halogens is 1. The van der Waals surface area contributed by atoms with Crippen LogP contribution in [0.1, 0.15) is 33.3 Å². The van der Waals surface area contributed by atoms with Crippen LogP contribution in [-0.4, -0.2) is 17.7 Å². The molecule has 0 bridgehead atoms. The lowest BCUT2D eigenvalue weighted by atomic mass is 10.0. The third-order valence-corrected chi connectivity index (χ3v) is 4.74. The first-order chi connectivity index (χ1) is 10.3. The van der Waals surface area contributed by atoms with Gasteiger partial charge < -0.3 is 11.1 Å². The summed E-state index contributed by atoms with van der Waals surface area (Å²) in [5, 5.41) is 3.85. The first kappa shape index (κ1) is 16.7. The minimum absolute atomic E-state index is 0.140. The summed E-state index contributed by atoms with van der Waals surface area (Å²) in [6.45, 7) is 5.39. The zero-order valence-electron chi connectivity index (χ0n) is 12.6. The van der Waals surface area contributed by atoms with Crippen LogP contribution in [0.4, 0.5) is 5.00 Å². The van der Waals surface area contributed by atoms with E-state index in [-0.39, 0.29) is 11.7 Å². The van der Waals surface area contributed by atoms with E-state index in [1.54, 1.807) is 31.2 Å². The van der Waals surface area contributed by atoms with Crippen molar-refractivity contribution >= 4 is 39.6 Å². The number of thiophene rings is 1. The molecule has 0 fully saturated rings. The fraction of sp³-hybridized carbons (Fsp3) is 0.250. The Bertz CT molecular complexity index is 720. The van der Waals surface area contributed by atoms with Crippen LogP contribution in [0.15, 0.2) is 24.3 Å². The van der Waals surface area contributed by atoms with E-state index in [4.69, 9.17) is 17.3 Å². The van der Waals surface area contributed by atoms with Crippen molar-refractivity contribution < 1.29 is 9.59 Å². The second-order valence-corrected chi connectivity index (χ2v) is 6.76. The zero-order chi connectivity index (χ0) is 16.4. The second kappa shape index (κ2) is 6.60. The molecule has 6 heteroatoms. The zero-order valence-corrected chi connectivity index (χ0v) is 14.1. The Morgan fingerprint density at radius 2 is 1.82 bits per heavy atom. The van der Waals surface area contributed by atoms with Gasteiger partial charge in [0.1, 0.15) is 5.00 Å². The molecule has 0 aliphatic heterocycles. The first-order valence-electron chi connectivity index (χ1n) is 6.78. The molecule has 1 atom stereocenters. The van der Waals surface area contributed by atoms with Crippen LogP contribution in [0.3, 0.4) is 0 Å². The Kier molecular flexibility index (Phi) is 5.01. The largest absolute Gasteiger partial charge is 0.320 e. The number of nitrogens with one attached hydrogen (secondary N) is 1. The number of hydrogen-bond donors (Lipinski definition) is 2. The van der Waals surface area contributed by atoms with Crippen LogP contribution in [0.25, 0.3) is 0 Å². The first-order valence-corrected chi connectivity index (χ1v) is 7.97. The van der Waals surface area contributed by atoms with Gasteiger partial charge in [0.05, 0.1) is 11.6 Å². The van der Waals surface area contributed by atoms with E-state index in [0.29, 0.717) is 21.2 Å². The average Bonchev–Trinajstić information content (AvgIpc) is 2.73. The van der Waals surface area contributed by atoms with Gasteiger partial charge in [0.25, 0.3) is 0 Å². The summed E-state index contributed by atoms with van der Waals surface area (Å²) in [6, 6.07) is 6.05. The molecular weight excluding hydrogens is 320 g/mol. The lowest BCUT2D eigenvalue weighted by molar-refractivity contribution is -0.117. The topological polar surface area (TPSA) is 72.2 Å². The third-order valence-electron chi connectivity index (χ3n) is 3.37. The summed E-state index contributed by atoms with van der Waals surface area (Å²) in [5.41, 5.74) is 7.48. The van der Waals surface area contributed by atoms with Gasteiger partial charge in [-0.05, 0) is 50.6 Å². The van der Waals surface area contributed by atoms with E-state index >= 15 is 0 Å². The molecule has 4 nitrogen and oxygen atoms in total. The fourth-order valence-electron chi connectivity index (χ4n) is 1.96.